The lowest BCUT2D eigenvalue weighted by Gasteiger charge is -2.47. The lowest BCUT2D eigenvalue weighted by Crippen LogP contribution is -2.53. The lowest BCUT2D eigenvalue weighted by molar-refractivity contribution is -0.149. The minimum atomic E-state index is -0.486. The van der Waals surface area contributed by atoms with Crippen molar-refractivity contribution in [3.05, 3.63) is 21.7 Å². The van der Waals surface area contributed by atoms with Crippen LogP contribution < -0.4 is 9.47 Å². The topological polar surface area (TPSA) is 60.4 Å². The quantitative estimate of drug-likeness (QED) is 0.668. The van der Waals surface area contributed by atoms with E-state index in [1.165, 1.54) is 11.1 Å². The highest BCUT2D eigenvalue weighted by molar-refractivity contribution is 9.10. The Kier molecular flexibility index (Phi) is 5.58. The van der Waals surface area contributed by atoms with Crippen LogP contribution in [0.15, 0.2) is 10.5 Å². The molecule has 1 N–H and O–H groups in total. The van der Waals surface area contributed by atoms with Crippen LogP contribution in [0.25, 0.3) is 0 Å². The van der Waals surface area contributed by atoms with Gasteiger partial charge in [0.15, 0.2) is 11.5 Å². The van der Waals surface area contributed by atoms with Crippen molar-refractivity contribution >= 4 is 15.9 Å². The Morgan fingerprint density at radius 3 is 2.74 bits per heavy atom. The summed E-state index contributed by atoms with van der Waals surface area (Å²) in [6, 6.07) is 2.28. The fourth-order valence-corrected chi connectivity index (χ4v) is 6.47. The van der Waals surface area contributed by atoms with Crippen molar-refractivity contribution in [2.45, 2.75) is 76.4 Å². The number of ether oxygens (including phenoxy) is 4. The van der Waals surface area contributed by atoms with Gasteiger partial charge in [0.2, 0.25) is 0 Å². The molecule has 6 rings (SSSR count). The Morgan fingerprint density at radius 2 is 2.10 bits per heavy atom. The molecule has 1 aromatic rings. The minimum Gasteiger partial charge on any atom is -0.493 e. The molecule has 7 heteroatoms. The van der Waals surface area contributed by atoms with Crippen LogP contribution in [0, 0.1) is 5.41 Å². The van der Waals surface area contributed by atoms with E-state index in [1.807, 2.05) is 20.8 Å². The summed E-state index contributed by atoms with van der Waals surface area (Å²) >= 11 is 3.84. The fraction of sp³-hybridized carbons (Fsp3) is 0.750. The van der Waals surface area contributed by atoms with Crippen LogP contribution in [0.3, 0.4) is 0 Å². The van der Waals surface area contributed by atoms with Crippen molar-refractivity contribution < 1.29 is 24.1 Å². The summed E-state index contributed by atoms with van der Waals surface area (Å²) in [6.07, 6.45) is 3.58. The van der Waals surface area contributed by atoms with Crippen LogP contribution >= 0.6 is 15.9 Å². The van der Waals surface area contributed by atoms with Gasteiger partial charge < -0.3 is 24.1 Å². The van der Waals surface area contributed by atoms with Crippen molar-refractivity contribution in [2.75, 3.05) is 33.4 Å². The maximum Gasteiger partial charge on any atom is 0.175 e. The summed E-state index contributed by atoms with van der Waals surface area (Å²) in [4.78, 5) is 2.45. The fourth-order valence-electron chi connectivity index (χ4n) is 5.73. The molecule has 3 saturated heterocycles. The number of piperidine rings is 1. The third-order valence-electron chi connectivity index (χ3n) is 7.27. The number of aliphatic hydroxyl groups excluding tert-OH is 1. The van der Waals surface area contributed by atoms with Crippen LogP contribution in [0.5, 0.6) is 11.5 Å². The maximum absolute atomic E-state index is 10.9. The highest BCUT2D eigenvalue weighted by atomic mass is 79.9. The number of aliphatic hydroxyl groups is 1. The van der Waals surface area contributed by atoms with Gasteiger partial charge in [-0.25, -0.2) is 0 Å². The molecule has 5 aliphatic rings. The standard InChI is InChI=1S/C24H34BrNO5/c1-23(2,3)31-20-11-26-6-5-15-16(17(26)8-18(20)27)7-19(28-4)22(21(15)25)30-13-24-9-14(10-24)29-12-24/h7,14,17-18,20,27H,5-6,8-13H2,1-4H3/t14?,17-,18-,20-,24?/m1/s1. The monoisotopic (exact) mass is 495 g/mol. The van der Waals surface area contributed by atoms with E-state index in [0.717, 1.165) is 54.9 Å². The lowest BCUT2D eigenvalue weighted by atomic mass is 9.71. The third-order valence-corrected chi connectivity index (χ3v) is 8.11. The zero-order valence-corrected chi connectivity index (χ0v) is 20.5. The summed E-state index contributed by atoms with van der Waals surface area (Å²) in [5, 5.41) is 10.9. The summed E-state index contributed by atoms with van der Waals surface area (Å²) < 4.78 is 25.0. The van der Waals surface area contributed by atoms with Gasteiger partial charge in [-0.2, -0.15) is 0 Å². The third kappa shape index (κ3) is 4.01. The van der Waals surface area contributed by atoms with E-state index in [0.29, 0.717) is 19.1 Å². The average Bonchev–Trinajstić information content (AvgIpc) is 3.27. The first-order valence-electron chi connectivity index (χ1n) is 11.4. The Balaban J connectivity index is 1.38. The molecular formula is C24H34BrNO5. The second kappa shape index (κ2) is 7.87. The number of nitrogens with zero attached hydrogens (tertiary/aromatic N) is 1. The van der Waals surface area contributed by atoms with E-state index in [2.05, 4.69) is 26.9 Å². The molecule has 172 valence electrons. The van der Waals surface area contributed by atoms with Crippen molar-refractivity contribution in [2.24, 2.45) is 5.41 Å². The van der Waals surface area contributed by atoms with Crippen LogP contribution in [0.2, 0.25) is 0 Å². The van der Waals surface area contributed by atoms with Gasteiger partial charge in [-0.3, -0.25) is 4.90 Å². The first kappa shape index (κ1) is 22.0. The molecule has 1 saturated carbocycles. The van der Waals surface area contributed by atoms with E-state index in [-0.39, 0.29) is 23.2 Å². The van der Waals surface area contributed by atoms with Crippen molar-refractivity contribution in [1.29, 1.82) is 0 Å². The summed E-state index contributed by atoms with van der Waals surface area (Å²) in [5.74, 6) is 1.55. The van der Waals surface area contributed by atoms with Gasteiger partial charge in [-0.1, -0.05) is 0 Å². The van der Waals surface area contributed by atoms with E-state index >= 15 is 0 Å². The largest absolute Gasteiger partial charge is 0.493 e. The van der Waals surface area contributed by atoms with E-state index in [4.69, 9.17) is 18.9 Å². The molecule has 4 heterocycles. The Morgan fingerprint density at radius 1 is 1.32 bits per heavy atom. The zero-order chi connectivity index (χ0) is 22.0. The molecule has 0 aromatic heterocycles. The van der Waals surface area contributed by atoms with Gasteiger partial charge in [-0.05, 0) is 79.6 Å². The maximum atomic E-state index is 10.9. The van der Waals surface area contributed by atoms with Crippen molar-refractivity contribution in [3.8, 4) is 11.5 Å². The van der Waals surface area contributed by atoms with Gasteiger partial charge in [0.05, 0.1) is 48.7 Å². The molecule has 6 nitrogen and oxygen atoms in total. The SMILES string of the molecule is COc1cc2c(c(Br)c1OCC13COC(C1)C3)CCN1C[C@@H](OC(C)(C)C)[C@H](O)C[C@H]21. The Bertz CT molecular complexity index is 842. The number of methoxy groups -OCH3 is 1. The molecule has 31 heavy (non-hydrogen) atoms. The molecule has 1 aliphatic carbocycles. The molecule has 0 radical (unpaired) electrons. The molecular weight excluding hydrogens is 462 g/mol. The second-order valence-corrected chi connectivity index (χ2v) is 11.5. The van der Waals surface area contributed by atoms with Gasteiger partial charge in [0, 0.05) is 24.5 Å². The zero-order valence-electron chi connectivity index (χ0n) is 18.9. The normalized spacial score (nSPS) is 34.6. The van der Waals surface area contributed by atoms with Crippen molar-refractivity contribution in [3.63, 3.8) is 0 Å². The average molecular weight is 496 g/mol. The molecule has 4 fully saturated rings. The molecule has 0 spiro atoms. The van der Waals surface area contributed by atoms with Gasteiger partial charge in [0.25, 0.3) is 0 Å². The van der Waals surface area contributed by atoms with Crippen molar-refractivity contribution in [1.82, 2.24) is 4.90 Å². The molecule has 4 aliphatic heterocycles. The highest BCUT2D eigenvalue weighted by Gasteiger charge is 2.52. The molecule has 0 amide bonds. The van der Waals surface area contributed by atoms with Crippen LogP contribution in [-0.2, 0) is 15.9 Å². The number of fused-ring (bicyclic) bond motifs is 4. The van der Waals surface area contributed by atoms with Crippen LogP contribution in [0.1, 0.15) is 57.2 Å². The highest BCUT2D eigenvalue weighted by Crippen LogP contribution is 2.52. The summed E-state index contributed by atoms with van der Waals surface area (Å²) in [7, 11) is 1.70. The summed E-state index contributed by atoms with van der Waals surface area (Å²) in [6.45, 7) is 9.28. The predicted molar refractivity (Wildman–Crippen MR) is 121 cm³/mol. The molecule has 2 bridgehead atoms. The van der Waals surface area contributed by atoms with E-state index in [1.54, 1.807) is 7.11 Å². The van der Waals surface area contributed by atoms with E-state index < -0.39 is 6.10 Å². The molecule has 0 unspecified atom stereocenters. The van der Waals surface area contributed by atoms with Crippen LogP contribution in [0.4, 0.5) is 0 Å². The number of rotatable bonds is 5. The first-order valence-corrected chi connectivity index (χ1v) is 12.2. The predicted octanol–water partition coefficient (Wildman–Crippen LogP) is 3.86. The smallest absolute Gasteiger partial charge is 0.175 e. The molecule has 3 atom stereocenters. The Labute approximate surface area is 193 Å². The van der Waals surface area contributed by atoms with Crippen LogP contribution in [-0.4, -0.2) is 67.3 Å². The number of benzene rings is 1. The number of hydrogen-bond acceptors (Lipinski definition) is 6. The molecule has 1 aromatic carbocycles. The number of halogens is 1. The van der Waals surface area contributed by atoms with Gasteiger partial charge >= 0.3 is 0 Å². The van der Waals surface area contributed by atoms with E-state index in [9.17, 15) is 5.11 Å². The minimum absolute atomic E-state index is 0.159. The second-order valence-electron chi connectivity index (χ2n) is 10.8. The number of hydrogen-bond donors (Lipinski definition) is 1. The summed E-state index contributed by atoms with van der Waals surface area (Å²) in [5.41, 5.74) is 2.40. The Hall–Kier alpha value is -0.860. The van der Waals surface area contributed by atoms with Gasteiger partial charge in [-0.15, -0.1) is 0 Å². The van der Waals surface area contributed by atoms with Gasteiger partial charge in [0.1, 0.15) is 0 Å². The first-order chi connectivity index (χ1) is 14.7.